The lowest BCUT2D eigenvalue weighted by molar-refractivity contribution is 0.748. The fourth-order valence-electron chi connectivity index (χ4n) is 2.90. The number of nitrogens with one attached hydrogen (secondary N) is 1. The first kappa shape index (κ1) is 18.1. The zero-order valence-electron chi connectivity index (χ0n) is 12.8. The monoisotopic (exact) mass is 444 g/mol. The molecular formula is C18H16BrCl3N2. The van der Waals surface area contributed by atoms with Crippen LogP contribution in [0.25, 0.3) is 22.2 Å². The van der Waals surface area contributed by atoms with Crippen molar-refractivity contribution in [3.05, 3.63) is 55.4 Å². The average Bonchev–Trinajstić information content (AvgIpc) is 2.89. The molecule has 1 aromatic heterocycles. The molecule has 1 heterocycles. The first-order chi connectivity index (χ1) is 11.5. The number of halogens is 4. The summed E-state index contributed by atoms with van der Waals surface area (Å²) in [6.45, 7) is 0.681. The van der Waals surface area contributed by atoms with Crippen molar-refractivity contribution in [1.29, 1.82) is 0 Å². The van der Waals surface area contributed by atoms with Gasteiger partial charge in [-0.15, -0.1) is 0 Å². The summed E-state index contributed by atoms with van der Waals surface area (Å²) in [5.74, 6) is 0. The molecule has 3 rings (SSSR count). The lowest BCUT2D eigenvalue weighted by atomic mass is 10.0. The number of unbranched alkanes of at least 4 members (excludes halogenated alkanes) is 1. The first-order valence-corrected chi connectivity index (χ1v) is 9.59. The van der Waals surface area contributed by atoms with Crippen LogP contribution in [0.5, 0.6) is 0 Å². The molecule has 0 spiro atoms. The van der Waals surface area contributed by atoms with Gasteiger partial charge in [0.25, 0.3) is 0 Å². The number of hydrogen-bond donors (Lipinski definition) is 2. The molecule has 0 aliphatic carbocycles. The smallest absolute Gasteiger partial charge is 0.0658 e. The molecule has 2 nitrogen and oxygen atoms in total. The van der Waals surface area contributed by atoms with E-state index in [1.807, 2.05) is 18.2 Å². The summed E-state index contributed by atoms with van der Waals surface area (Å²) in [7, 11) is 0. The van der Waals surface area contributed by atoms with Crippen molar-refractivity contribution >= 4 is 61.6 Å². The number of aryl methyl sites for hydroxylation is 1. The van der Waals surface area contributed by atoms with Crippen LogP contribution in [-0.4, -0.2) is 11.5 Å². The van der Waals surface area contributed by atoms with Crippen LogP contribution in [0.1, 0.15) is 18.4 Å². The molecule has 0 fully saturated rings. The van der Waals surface area contributed by atoms with Crippen LogP contribution >= 0.6 is 50.7 Å². The molecule has 0 amide bonds. The molecule has 0 saturated heterocycles. The van der Waals surface area contributed by atoms with Gasteiger partial charge >= 0.3 is 0 Å². The van der Waals surface area contributed by atoms with Gasteiger partial charge in [0.2, 0.25) is 0 Å². The van der Waals surface area contributed by atoms with Crippen LogP contribution in [0.4, 0.5) is 0 Å². The number of benzene rings is 2. The number of aromatic nitrogens is 1. The highest BCUT2D eigenvalue weighted by Crippen LogP contribution is 2.39. The van der Waals surface area contributed by atoms with Crippen molar-refractivity contribution in [2.75, 3.05) is 6.54 Å². The molecule has 0 atom stereocenters. The minimum absolute atomic E-state index is 0.647. The maximum Gasteiger partial charge on any atom is 0.0658 e. The summed E-state index contributed by atoms with van der Waals surface area (Å²) in [5, 5.41) is 3.07. The van der Waals surface area contributed by atoms with E-state index in [1.165, 1.54) is 5.56 Å². The molecule has 2 aromatic carbocycles. The fraction of sp³-hybridized carbons (Fsp3) is 0.222. The highest BCUT2D eigenvalue weighted by Gasteiger charge is 2.17. The Morgan fingerprint density at radius 3 is 2.54 bits per heavy atom. The van der Waals surface area contributed by atoms with Gasteiger partial charge in [-0.05, 0) is 61.7 Å². The van der Waals surface area contributed by atoms with Crippen molar-refractivity contribution in [1.82, 2.24) is 4.98 Å². The predicted octanol–water partition coefficient (Wildman–Crippen LogP) is 6.84. The molecule has 0 aliphatic rings. The average molecular weight is 447 g/mol. The van der Waals surface area contributed by atoms with E-state index in [-0.39, 0.29) is 0 Å². The van der Waals surface area contributed by atoms with Gasteiger partial charge < -0.3 is 10.7 Å². The molecule has 3 N–H and O–H groups in total. The second-order valence-electron chi connectivity index (χ2n) is 5.66. The van der Waals surface area contributed by atoms with E-state index in [0.717, 1.165) is 45.9 Å². The Bertz CT molecular complexity index is 890. The van der Waals surface area contributed by atoms with E-state index in [1.54, 1.807) is 6.07 Å². The van der Waals surface area contributed by atoms with E-state index in [9.17, 15) is 0 Å². The zero-order chi connectivity index (χ0) is 17.3. The van der Waals surface area contributed by atoms with Gasteiger partial charge in [-0.1, -0.05) is 50.7 Å². The van der Waals surface area contributed by atoms with Gasteiger partial charge in [0.05, 0.1) is 16.2 Å². The van der Waals surface area contributed by atoms with Crippen LogP contribution < -0.4 is 5.73 Å². The minimum atomic E-state index is 0.647. The molecule has 24 heavy (non-hydrogen) atoms. The SMILES string of the molecule is NCCCCc1c(-c2cc(Cl)ccc2Cl)[nH]c2c(Cl)cc(Br)cc12. The summed E-state index contributed by atoms with van der Waals surface area (Å²) in [4.78, 5) is 3.44. The third kappa shape index (κ3) is 3.61. The Kier molecular flexibility index (Phi) is 5.78. The molecule has 126 valence electrons. The quantitative estimate of drug-likeness (QED) is 0.414. The summed E-state index contributed by atoms with van der Waals surface area (Å²) >= 11 is 22.6. The first-order valence-electron chi connectivity index (χ1n) is 7.66. The molecule has 0 unspecified atom stereocenters. The fourth-order valence-corrected chi connectivity index (χ4v) is 4.14. The van der Waals surface area contributed by atoms with Crippen molar-refractivity contribution in [2.45, 2.75) is 19.3 Å². The summed E-state index contributed by atoms with van der Waals surface area (Å²) in [6.07, 6.45) is 2.86. The van der Waals surface area contributed by atoms with Gasteiger partial charge in [0.15, 0.2) is 0 Å². The van der Waals surface area contributed by atoms with E-state index in [2.05, 4.69) is 27.0 Å². The van der Waals surface area contributed by atoms with E-state index >= 15 is 0 Å². The number of H-pyrrole nitrogens is 1. The number of nitrogens with two attached hydrogens (primary N) is 1. The predicted molar refractivity (Wildman–Crippen MR) is 108 cm³/mol. The van der Waals surface area contributed by atoms with Crippen molar-refractivity contribution in [3.63, 3.8) is 0 Å². The second kappa shape index (κ2) is 7.67. The molecular weight excluding hydrogens is 430 g/mol. The molecule has 3 aromatic rings. The summed E-state index contributed by atoms with van der Waals surface area (Å²) in [6, 6.07) is 9.44. The largest absolute Gasteiger partial charge is 0.353 e. The third-order valence-corrected chi connectivity index (χ3v) is 5.33. The van der Waals surface area contributed by atoms with Crippen LogP contribution in [-0.2, 0) is 6.42 Å². The van der Waals surface area contributed by atoms with Crippen LogP contribution in [0.2, 0.25) is 15.1 Å². The Labute approximate surface area is 164 Å². The Morgan fingerprint density at radius 2 is 1.79 bits per heavy atom. The summed E-state index contributed by atoms with van der Waals surface area (Å²) < 4.78 is 0.947. The second-order valence-corrected chi connectivity index (χ2v) is 7.83. The number of aromatic amines is 1. The molecule has 0 bridgehead atoms. The third-order valence-electron chi connectivity index (χ3n) is 4.01. The lowest BCUT2D eigenvalue weighted by Gasteiger charge is -2.08. The molecule has 0 radical (unpaired) electrons. The lowest BCUT2D eigenvalue weighted by Crippen LogP contribution is -1.99. The zero-order valence-corrected chi connectivity index (χ0v) is 16.7. The van der Waals surface area contributed by atoms with Crippen molar-refractivity contribution in [2.24, 2.45) is 5.73 Å². The minimum Gasteiger partial charge on any atom is -0.353 e. The summed E-state index contributed by atoms with van der Waals surface area (Å²) in [5.41, 5.74) is 9.60. The van der Waals surface area contributed by atoms with E-state index in [4.69, 9.17) is 40.5 Å². The van der Waals surface area contributed by atoms with Gasteiger partial charge in [-0.25, -0.2) is 0 Å². The van der Waals surface area contributed by atoms with Gasteiger partial charge in [0, 0.05) is 25.5 Å². The van der Waals surface area contributed by atoms with Crippen molar-refractivity contribution in [3.8, 4) is 11.3 Å². The standard InChI is InChI=1S/C18H16BrCl3N2/c19-10-7-13-12(3-1-2-6-23)17(24-18(13)16(22)8-10)14-9-11(20)4-5-15(14)21/h4-5,7-9,24H,1-3,6,23H2. The highest BCUT2D eigenvalue weighted by atomic mass is 79.9. The number of hydrogen-bond acceptors (Lipinski definition) is 1. The topological polar surface area (TPSA) is 41.8 Å². The Balaban J connectivity index is 2.23. The maximum absolute atomic E-state index is 6.43. The Hall–Kier alpha value is -0.710. The molecule has 0 aliphatic heterocycles. The maximum atomic E-state index is 6.43. The van der Waals surface area contributed by atoms with Gasteiger partial charge in [0.1, 0.15) is 0 Å². The van der Waals surface area contributed by atoms with Crippen LogP contribution in [0, 0.1) is 0 Å². The highest BCUT2D eigenvalue weighted by molar-refractivity contribution is 9.10. The number of rotatable bonds is 5. The van der Waals surface area contributed by atoms with Gasteiger partial charge in [-0.2, -0.15) is 0 Å². The van der Waals surface area contributed by atoms with Crippen molar-refractivity contribution < 1.29 is 0 Å². The number of fused-ring (bicyclic) bond motifs is 1. The van der Waals surface area contributed by atoms with Gasteiger partial charge in [-0.3, -0.25) is 0 Å². The van der Waals surface area contributed by atoms with Crippen LogP contribution in [0.3, 0.4) is 0 Å². The Morgan fingerprint density at radius 1 is 1.00 bits per heavy atom. The molecule has 0 saturated carbocycles. The van der Waals surface area contributed by atoms with E-state index in [0.29, 0.717) is 21.6 Å². The normalized spacial score (nSPS) is 11.4. The van der Waals surface area contributed by atoms with Crippen LogP contribution in [0.15, 0.2) is 34.8 Å². The molecule has 6 heteroatoms. The van der Waals surface area contributed by atoms with E-state index < -0.39 is 0 Å².